The molecule has 0 aliphatic rings. The Labute approximate surface area is 110 Å². The maximum Gasteiger partial charge on any atom is 0.254 e. The standard InChI is InChI=1S/C13H17N3O3/c1-3-12-16-9-6-8(4-5-10(9)19-12)15-13(17)11(7-14)18-2/h4-6,11H,3,7,14H2,1-2H3,(H,15,17). The predicted molar refractivity (Wildman–Crippen MR) is 71.9 cm³/mol. The van der Waals surface area contributed by atoms with Crippen LogP contribution in [0.2, 0.25) is 0 Å². The zero-order valence-corrected chi connectivity index (χ0v) is 11.0. The summed E-state index contributed by atoms with van der Waals surface area (Å²) in [6.07, 6.45) is 0.0779. The number of fused-ring (bicyclic) bond motifs is 1. The Morgan fingerprint density at radius 3 is 3.00 bits per heavy atom. The summed E-state index contributed by atoms with van der Waals surface area (Å²) < 4.78 is 10.5. The van der Waals surface area contributed by atoms with E-state index >= 15 is 0 Å². The summed E-state index contributed by atoms with van der Waals surface area (Å²) in [7, 11) is 1.45. The van der Waals surface area contributed by atoms with Gasteiger partial charge in [0.1, 0.15) is 11.6 Å². The van der Waals surface area contributed by atoms with Gasteiger partial charge in [-0.1, -0.05) is 6.92 Å². The summed E-state index contributed by atoms with van der Waals surface area (Å²) in [6, 6.07) is 5.30. The Kier molecular flexibility index (Phi) is 4.13. The van der Waals surface area contributed by atoms with Gasteiger partial charge in [-0.3, -0.25) is 4.79 Å². The van der Waals surface area contributed by atoms with Crippen molar-refractivity contribution < 1.29 is 13.9 Å². The first-order chi connectivity index (χ1) is 9.17. The minimum absolute atomic E-state index is 0.133. The fourth-order valence-electron chi connectivity index (χ4n) is 1.74. The molecular weight excluding hydrogens is 246 g/mol. The van der Waals surface area contributed by atoms with E-state index in [4.69, 9.17) is 14.9 Å². The summed E-state index contributed by atoms with van der Waals surface area (Å²) in [5, 5.41) is 2.74. The molecule has 2 rings (SSSR count). The first kappa shape index (κ1) is 13.5. The molecule has 0 aliphatic heterocycles. The van der Waals surface area contributed by atoms with Crippen molar-refractivity contribution in [2.75, 3.05) is 19.0 Å². The van der Waals surface area contributed by atoms with Gasteiger partial charge in [0.2, 0.25) is 0 Å². The van der Waals surface area contributed by atoms with Crippen molar-refractivity contribution in [3.05, 3.63) is 24.1 Å². The van der Waals surface area contributed by atoms with Gasteiger partial charge in [-0.25, -0.2) is 4.98 Å². The van der Waals surface area contributed by atoms with E-state index in [1.54, 1.807) is 18.2 Å². The number of amides is 1. The van der Waals surface area contributed by atoms with Gasteiger partial charge in [-0.15, -0.1) is 0 Å². The lowest BCUT2D eigenvalue weighted by Crippen LogP contribution is -2.35. The van der Waals surface area contributed by atoms with Crippen molar-refractivity contribution >= 4 is 22.7 Å². The minimum Gasteiger partial charge on any atom is -0.441 e. The zero-order valence-electron chi connectivity index (χ0n) is 11.0. The fraction of sp³-hybridized carbons (Fsp3) is 0.385. The number of nitrogens with zero attached hydrogens (tertiary/aromatic N) is 1. The van der Waals surface area contributed by atoms with E-state index in [1.165, 1.54) is 7.11 Å². The normalized spacial score (nSPS) is 12.6. The van der Waals surface area contributed by atoms with Crippen LogP contribution in [0.1, 0.15) is 12.8 Å². The highest BCUT2D eigenvalue weighted by Gasteiger charge is 2.16. The summed E-state index contributed by atoms with van der Waals surface area (Å²) in [4.78, 5) is 16.1. The van der Waals surface area contributed by atoms with Crippen LogP contribution in [0.25, 0.3) is 11.1 Å². The first-order valence-corrected chi connectivity index (χ1v) is 6.11. The number of nitrogens with two attached hydrogens (primary N) is 1. The van der Waals surface area contributed by atoms with Crippen molar-refractivity contribution in [2.24, 2.45) is 5.73 Å². The molecule has 1 amide bonds. The third kappa shape index (κ3) is 2.91. The number of anilines is 1. The van der Waals surface area contributed by atoms with Crippen molar-refractivity contribution in [3.63, 3.8) is 0 Å². The first-order valence-electron chi connectivity index (χ1n) is 6.11. The van der Waals surface area contributed by atoms with Crippen LogP contribution < -0.4 is 11.1 Å². The number of carbonyl (C=O) groups excluding carboxylic acids is 1. The fourth-order valence-corrected chi connectivity index (χ4v) is 1.74. The highest BCUT2D eigenvalue weighted by molar-refractivity contribution is 5.95. The van der Waals surface area contributed by atoms with Crippen molar-refractivity contribution in [1.29, 1.82) is 0 Å². The molecule has 1 heterocycles. The van der Waals surface area contributed by atoms with Crippen molar-refractivity contribution in [3.8, 4) is 0 Å². The lowest BCUT2D eigenvalue weighted by atomic mass is 10.2. The lowest BCUT2D eigenvalue weighted by Gasteiger charge is -2.12. The van der Waals surface area contributed by atoms with Gasteiger partial charge in [0, 0.05) is 25.8 Å². The topological polar surface area (TPSA) is 90.4 Å². The molecule has 0 bridgehead atoms. The molecule has 0 spiro atoms. The second kappa shape index (κ2) is 5.81. The van der Waals surface area contributed by atoms with Crippen LogP contribution in [0.5, 0.6) is 0 Å². The number of methoxy groups -OCH3 is 1. The molecule has 2 aromatic rings. The molecule has 1 unspecified atom stereocenters. The maximum absolute atomic E-state index is 11.8. The highest BCUT2D eigenvalue weighted by atomic mass is 16.5. The average molecular weight is 263 g/mol. The number of nitrogens with one attached hydrogen (secondary N) is 1. The number of aryl methyl sites for hydroxylation is 1. The molecule has 1 aromatic carbocycles. The summed E-state index contributed by atoms with van der Waals surface area (Å²) in [6.45, 7) is 2.10. The number of rotatable bonds is 5. The molecule has 0 fully saturated rings. The largest absolute Gasteiger partial charge is 0.441 e. The Morgan fingerprint density at radius 2 is 2.37 bits per heavy atom. The predicted octanol–water partition coefficient (Wildman–Crippen LogP) is 1.30. The van der Waals surface area contributed by atoms with Crippen LogP contribution in [-0.2, 0) is 16.0 Å². The average Bonchev–Trinajstić information content (AvgIpc) is 2.82. The molecule has 1 atom stereocenters. The number of carbonyl (C=O) groups is 1. The Hall–Kier alpha value is -1.92. The molecule has 19 heavy (non-hydrogen) atoms. The van der Waals surface area contributed by atoms with Crippen LogP contribution in [-0.4, -0.2) is 30.6 Å². The number of hydrogen-bond acceptors (Lipinski definition) is 5. The molecule has 6 nitrogen and oxygen atoms in total. The van der Waals surface area contributed by atoms with Crippen LogP contribution in [0.3, 0.4) is 0 Å². The Bertz CT molecular complexity index is 576. The third-order valence-electron chi connectivity index (χ3n) is 2.79. The number of ether oxygens (including phenoxy) is 1. The second-order valence-electron chi connectivity index (χ2n) is 4.09. The van der Waals surface area contributed by atoms with E-state index in [0.717, 1.165) is 11.9 Å². The third-order valence-corrected chi connectivity index (χ3v) is 2.79. The van der Waals surface area contributed by atoms with Gasteiger partial charge in [0.05, 0.1) is 0 Å². The van der Waals surface area contributed by atoms with E-state index in [9.17, 15) is 4.79 Å². The van der Waals surface area contributed by atoms with E-state index in [2.05, 4.69) is 10.3 Å². The van der Waals surface area contributed by atoms with E-state index in [0.29, 0.717) is 17.2 Å². The van der Waals surface area contributed by atoms with Gasteiger partial charge < -0.3 is 20.2 Å². The second-order valence-corrected chi connectivity index (χ2v) is 4.09. The summed E-state index contributed by atoms with van der Waals surface area (Å²) in [5.41, 5.74) is 7.50. The quantitative estimate of drug-likeness (QED) is 0.848. The van der Waals surface area contributed by atoms with Crippen LogP contribution in [0, 0.1) is 0 Å². The molecule has 1 aromatic heterocycles. The molecule has 0 saturated heterocycles. The molecular formula is C13H17N3O3. The van der Waals surface area contributed by atoms with Gasteiger partial charge in [-0.2, -0.15) is 0 Å². The Balaban J connectivity index is 2.19. The maximum atomic E-state index is 11.8. The molecule has 0 aliphatic carbocycles. The van der Waals surface area contributed by atoms with Crippen LogP contribution in [0.4, 0.5) is 5.69 Å². The molecule has 3 N–H and O–H groups in total. The monoisotopic (exact) mass is 263 g/mol. The molecule has 0 saturated carbocycles. The zero-order chi connectivity index (χ0) is 13.8. The van der Waals surface area contributed by atoms with Gasteiger partial charge in [-0.05, 0) is 18.2 Å². The van der Waals surface area contributed by atoms with Crippen LogP contribution >= 0.6 is 0 Å². The Morgan fingerprint density at radius 1 is 1.58 bits per heavy atom. The van der Waals surface area contributed by atoms with Gasteiger partial charge >= 0.3 is 0 Å². The van der Waals surface area contributed by atoms with Crippen molar-refractivity contribution in [1.82, 2.24) is 4.98 Å². The van der Waals surface area contributed by atoms with Gasteiger partial charge in [0.25, 0.3) is 5.91 Å². The number of hydrogen-bond donors (Lipinski definition) is 2. The molecule has 0 radical (unpaired) electrons. The summed E-state index contributed by atoms with van der Waals surface area (Å²) >= 11 is 0. The minimum atomic E-state index is -0.654. The van der Waals surface area contributed by atoms with E-state index in [-0.39, 0.29) is 12.5 Å². The van der Waals surface area contributed by atoms with Gasteiger partial charge in [0.15, 0.2) is 11.5 Å². The van der Waals surface area contributed by atoms with Crippen LogP contribution in [0.15, 0.2) is 22.6 Å². The number of aromatic nitrogens is 1. The van der Waals surface area contributed by atoms with Crippen molar-refractivity contribution in [2.45, 2.75) is 19.4 Å². The lowest BCUT2D eigenvalue weighted by molar-refractivity contribution is -0.125. The highest BCUT2D eigenvalue weighted by Crippen LogP contribution is 2.20. The summed E-state index contributed by atoms with van der Waals surface area (Å²) in [5.74, 6) is 0.402. The number of oxazole rings is 1. The molecule has 6 heteroatoms. The van der Waals surface area contributed by atoms with E-state index in [1.807, 2.05) is 6.92 Å². The SMILES string of the molecule is CCc1nc2cc(NC(=O)C(CN)OC)ccc2o1. The molecule has 102 valence electrons. The smallest absolute Gasteiger partial charge is 0.254 e. The van der Waals surface area contributed by atoms with E-state index < -0.39 is 6.10 Å². The number of benzene rings is 1.